The van der Waals surface area contributed by atoms with E-state index in [2.05, 4.69) is 25.2 Å². The van der Waals surface area contributed by atoms with Gasteiger partial charge in [-0.25, -0.2) is 15.0 Å². The number of nitrogens with zero attached hydrogens (tertiary/aromatic N) is 4. The summed E-state index contributed by atoms with van der Waals surface area (Å²) in [5.41, 5.74) is -0.934. The smallest absolute Gasteiger partial charge is 0.433 e. The number of aryl methyl sites for hydroxylation is 1. The van der Waals surface area contributed by atoms with E-state index in [1.165, 1.54) is 0 Å². The molecule has 0 saturated carbocycles. The Hall–Kier alpha value is -2.16. The number of likely N-dealkylation sites (tertiary alicyclic amines) is 1. The first kappa shape index (κ1) is 16.7. The highest BCUT2D eigenvalue weighted by Crippen LogP contribution is 2.28. The maximum absolute atomic E-state index is 12.7. The van der Waals surface area contributed by atoms with Gasteiger partial charge < -0.3 is 9.73 Å². The van der Waals surface area contributed by atoms with E-state index in [-0.39, 0.29) is 11.9 Å². The molecule has 1 saturated heterocycles. The maximum Gasteiger partial charge on any atom is 0.433 e. The van der Waals surface area contributed by atoms with Gasteiger partial charge in [-0.15, -0.1) is 0 Å². The number of halogens is 3. The van der Waals surface area contributed by atoms with Gasteiger partial charge in [-0.2, -0.15) is 13.2 Å². The van der Waals surface area contributed by atoms with Crippen LogP contribution in [0.4, 0.5) is 19.0 Å². The molecule has 2 aromatic rings. The fraction of sp³-hybridized carbons (Fsp3) is 0.533. The van der Waals surface area contributed by atoms with Crippen molar-refractivity contribution in [2.45, 2.75) is 38.5 Å². The molecule has 0 spiro atoms. The van der Waals surface area contributed by atoms with Crippen molar-refractivity contribution < 1.29 is 17.6 Å². The molecule has 0 amide bonds. The number of aromatic nitrogens is 3. The lowest BCUT2D eigenvalue weighted by Crippen LogP contribution is -2.38. The van der Waals surface area contributed by atoms with Gasteiger partial charge in [-0.1, -0.05) is 0 Å². The van der Waals surface area contributed by atoms with Crippen molar-refractivity contribution in [3.63, 3.8) is 0 Å². The topological polar surface area (TPSA) is 67.1 Å². The van der Waals surface area contributed by atoms with Crippen LogP contribution in [0.2, 0.25) is 0 Å². The molecule has 0 radical (unpaired) electrons. The van der Waals surface area contributed by atoms with E-state index in [1.807, 2.05) is 6.92 Å². The molecule has 1 N–H and O–H groups in total. The van der Waals surface area contributed by atoms with Crippen molar-refractivity contribution >= 4 is 5.82 Å². The molecule has 3 rings (SSSR count). The molecule has 1 aliphatic rings. The van der Waals surface area contributed by atoms with Crippen LogP contribution in [-0.2, 0) is 12.7 Å². The summed E-state index contributed by atoms with van der Waals surface area (Å²) in [7, 11) is 0. The largest absolute Gasteiger partial charge is 0.445 e. The van der Waals surface area contributed by atoms with Crippen LogP contribution in [-0.4, -0.2) is 39.0 Å². The van der Waals surface area contributed by atoms with E-state index in [1.54, 1.807) is 6.20 Å². The molecule has 24 heavy (non-hydrogen) atoms. The van der Waals surface area contributed by atoms with Crippen molar-refractivity contribution in [1.29, 1.82) is 0 Å². The third kappa shape index (κ3) is 4.22. The van der Waals surface area contributed by atoms with Gasteiger partial charge in [0.25, 0.3) is 0 Å². The lowest BCUT2D eigenvalue weighted by atomic mass is 10.1. The third-order valence-electron chi connectivity index (χ3n) is 3.93. The average Bonchev–Trinajstić information content (AvgIpc) is 2.94. The molecule has 0 bridgehead atoms. The summed E-state index contributed by atoms with van der Waals surface area (Å²) >= 11 is 0. The molecular weight excluding hydrogens is 323 g/mol. The quantitative estimate of drug-likeness (QED) is 0.922. The van der Waals surface area contributed by atoms with Crippen LogP contribution in [0.3, 0.4) is 0 Å². The highest BCUT2D eigenvalue weighted by Gasteiger charge is 2.33. The van der Waals surface area contributed by atoms with E-state index in [4.69, 9.17) is 4.42 Å². The zero-order chi connectivity index (χ0) is 17.2. The van der Waals surface area contributed by atoms with Crippen molar-refractivity contribution in [1.82, 2.24) is 19.9 Å². The van der Waals surface area contributed by atoms with E-state index < -0.39 is 11.9 Å². The lowest BCUT2D eigenvalue weighted by Gasteiger charge is -2.31. The van der Waals surface area contributed by atoms with Crippen molar-refractivity contribution in [3.05, 3.63) is 35.9 Å². The number of alkyl halides is 3. The van der Waals surface area contributed by atoms with Crippen LogP contribution < -0.4 is 5.32 Å². The Kier molecular flexibility index (Phi) is 4.70. The first-order chi connectivity index (χ1) is 11.4. The van der Waals surface area contributed by atoms with Crippen LogP contribution in [0.25, 0.3) is 0 Å². The number of oxazole rings is 1. The molecule has 0 atom stereocenters. The predicted octanol–water partition coefficient (Wildman–Crippen LogP) is 2.87. The van der Waals surface area contributed by atoms with Crippen molar-refractivity contribution in [3.8, 4) is 0 Å². The van der Waals surface area contributed by atoms with Crippen LogP contribution in [0, 0.1) is 6.92 Å². The molecule has 6 nitrogen and oxygen atoms in total. The average molecular weight is 341 g/mol. The van der Waals surface area contributed by atoms with Crippen LogP contribution in [0.15, 0.2) is 23.0 Å². The van der Waals surface area contributed by atoms with Crippen LogP contribution in [0.5, 0.6) is 0 Å². The molecule has 1 fully saturated rings. The van der Waals surface area contributed by atoms with Gasteiger partial charge >= 0.3 is 6.18 Å². The minimum absolute atomic E-state index is 0.0866. The fourth-order valence-corrected chi connectivity index (χ4v) is 2.70. The van der Waals surface area contributed by atoms with Gasteiger partial charge in [-0.05, 0) is 19.8 Å². The number of hydrogen-bond donors (Lipinski definition) is 1. The number of anilines is 1. The SMILES string of the molecule is Cc1cnc(CN2CCC(Nc3cc(C(F)(F)F)ncn3)CC2)o1. The monoisotopic (exact) mass is 341 g/mol. The summed E-state index contributed by atoms with van der Waals surface area (Å²) < 4.78 is 43.5. The molecule has 0 unspecified atom stereocenters. The Morgan fingerprint density at radius 2 is 2.00 bits per heavy atom. The van der Waals surface area contributed by atoms with Crippen molar-refractivity contribution in [2.75, 3.05) is 18.4 Å². The lowest BCUT2D eigenvalue weighted by molar-refractivity contribution is -0.141. The Labute approximate surface area is 137 Å². The third-order valence-corrected chi connectivity index (χ3v) is 3.93. The molecule has 1 aliphatic heterocycles. The number of rotatable bonds is 4. The summed E-state index contributed by atoms with van der Waals surface area (Å²) in [5, 5.41) is 3.07. The Morgan fingerprint density at radius 1 is 1.25 bits per heavy atom. The van der Waals surface area contributed by atoms with E-state index in [0.717, 1.165) is 44.1 Å². The van der Waals surface area contributed by atoms with Gasteiger partial charge in [0, 0.05) is 25.2 Å². The van der Waals surface area contributed by atoms with E-state index in [0.29, 0.717) is 12.4 Å². The van der Waals surface area contributed by atoms with Crippen LogP contribution >= 0.6 is 0 Å². The minimum Gasteiger partial charge on any atom is -0.445 e. The van der Waals surface area contributed by atoms with Gasteiger partial charge in [0.1, 0.15) is 23.6 Å². The standard InChI is InChI=1S/C15H18F3N5O/c1-10-7-19-14(24-10)8-23-4-2-11(3-5-23)22-13-6-12(15(16,17)18)20-9-21-13/h6-7,9,11H,2-5,8H2,1H3,(H,20,21,22). The van der Waals surface area contributed by atoms with Crippen molar-refractivity contribution in [2.24, 2.45) is 0 Å². The fourth-order valence-electron chi connectivity index (χ4n) is 2.70. The molecule has 3 heterocycles. The number of nitrogens with one attached hydrogen (secondary N) is 1. The number of piperidine rings is 1. The molecule has 9 heteroatoms. The zero-order valence-electron chi connectivity index (χ0n) is 13.2. The number of hydrogen-bond acceptors (Lipinski definition) is 6. The van der Waals surface area contributed by atoms with Crippen LogP contribution in [0.1, 0.15) is 30.2 Å². The Balaban J connectivity index is 1.52. The molecule has 2 aromatic heterocycles. The summed E-state index contributed by atoms with van der Waals surface area (Å²) in [6.45, 7) is 4.13. The zero-order valence-corrected chi connectivity index (χ0v) is 13.2. The normalized spacial score (nSPS) is 17.2. The first-order valence-electron chi connectivity index (χ1n) is 7.69. The summed E-state index contributed by atoms with van der Waals surface area (Å²) in [6, 6.07) is 1.03. The molecule has 0 aromatic carbocycles. The van der Waals surface area contributed by atoms with Gasteiger partial charge in [0.2, 0.25) is 5.89 Å². The van der Waals surface area contributed by atoms with Gasteiger partial charge in [0.05, 0.1) is 12.7 Å². The van der Waals surface area contributed by atoms with Gasteiger partial charge in [-0.3, -0.25) is 4.90 Å². The highest BCUT2D eigenvalue weighted by atomic mass is 19.4. The second-order valence-corrected chi connectivity index (χ2v) is 5.85. The maximum atomic E-state index is 12.7. The summed E-state index contributed by atoms with van der Waals surface area (Å²) in [6.07, 6.45) is -0.213. The summed E-state index contributed by atoms with van der Waals surface area (Å²) in [5.74, 6) is 1.68. The van der Waals surface area contributed by atoms with E-state index >= 15 is 0 Å². The second kappa shape index (κ2) is 6.76. The highest BCUT2D eigenvalue weighted by molar-refractivity contribution is 5.36. The van der Waals surface area contributed by atoms with E-state index in [9.17, 15) is 13.2 Å². The Morgan fingerprint density at radius 3 is 2.62 bits per heavy atom. The van der Waals surface area contributed by atoms with Gasteiger partial charge in [0.15, 0.2) is 0 Å². The molecular formula is C15H18F3N5O. The second-order valence-electron chi connectivity index (χ2n) is 5.85. The Bertz CT molecular complexity index is 680. The molecule has 130 valence electrons. The predicted molar refractivity (Wildman–Crippen MR) is 80.2 cm³/mol. The minimum atomic E-state index is -4.46. The molecule has 0 aliphatic carbocycles. The first-order valence-corrected chi connectivity index (χ1v) is 7.69. The summed E-state index contributed by atoms with van der Waals surface area (Å²) in [4.78, 5) is 13.5.